The fourth-order valence-corrected chi connectivity index (χ4v) is 4.34. The van der Waals surface area contributed by atoms with Gasteiger partial charge >= 0.3 is 0 Å². The lowest BCUT2D eigenvalue weighted by molar-refractivity contribution is 0.0579. The highest BCUT2D eigenvalue weighted by molar-refractivity contribution is 5.94. The summed E-state index contributed by atoms with van der Waals surface area (Å²) >= 11 is 0. The second-order valence-electron chi connectivity index (χ2n) is 7.48. The SMILES string of the molecule is CCC1CCC(N(C(=O)c2n[nH]c3c2CNCC3)C2CC2)CC1.Cl. The average Bonchev–Trinajstić information content (AvgIpc) is 3.33. The lowest BCUT2D eigenvalue weighted by Gasteiger charge is -2.37. The van der Waals surface area contributed by atoms with Gasteiger partial charge in [0.1, 0.15) is 0 Å². The number of rotatable bonds is 4. The minimum Gasteiger partial charge on any atom is -0.331 e. The molecule has 0 spiro atoms. The third kappa shape index (κ3) is 3.33. The molecule has 5 nitrogen and oxygen atoms in total. The van der Waals surface area contributed by atoms with Crippen LogP contribution in [0.2, 0.25) is 0 Å². The summed E-state index contributed by atoms with van der Waals surface area (Å²) in [6.45, 7) is 4.03. The predicted octanol–water partition coefficient (Wildman–Crippen LogP) is 3.05. The lowest BCUT2D eigenvalue weighted by atomic mass is 9.83. The topological polar surface area (TPSA) is 61.0 Å². The number of amides is 1. The quantitative estimate of drug-likeness (QED) is 0.875. The van der Waals surface area contributed by atoms with Crippen LogP contribution in [0.3, 0.4) is 0 Å². The van der Waals surface area contributed by atoms with Crippen molar-refractivity contribution in [3.05, 3.63) is 17.0 Å². The Balaban J connectivity index is 0.00000169. The van der Waals surface area contributed by atoms with Crippen molar-refractivity contribution in [2.75, 3.05) is 6.54 Å². The summed E-state index contributed by atoms with van der Waals surface area (Å²) in [5.41, 5.74) is 2.93. The molecule has 2 N–H and O–H groups in total. The summed E-state index contributed by atoms with van der Waals surface area (Å²) in [5.74, 6) is 1.04. The molecule has 2 aliphatic carbocycles. The standard InChI is InChI=1S/C18H28N4O.ClH/c1-2-12-3-5-13(6-4-12)22(14-7-8-14)18(23)17-15-11-19-10-9-16(15)20-21-17;/h12-14,19H,2-11H2,1H3,(H,20,21);1H. The van der Waals surface area contributed by atoms with E-state index in [2.05, 4.69) is 27.3 Å². The molecule has 1 amide bonds. The van der Waals surface area contributed by atoms with Gasteiger partial charge in [0, 0.05) is 42.9 Å². The molecular weight excluding hydrogens is 324 g/mol. The van der Waals surface area contributed by atoms with Crippen LogP contribution in [0.5, 0.6) is 0 Å². The lowest BCUT2D eigenvalue weighted by Crippen LogP contribution is -2.44. The van der Waals surface area contributed by atoms with Crippen molar-refractivity contribution < 1.29 is 4.79 Å². The number of aromatic nitrogens is 2. The van der Waals surface area contributed by atoms with Gasteiger partial charge in [-0.15, -0.1) is 12.4 Å². The Labute approximate surface area is 150 Å². The second-order valence-corrected chi connectivity index (χ2v) is 7.48. The third-order valence-electron chi connectivity index (χ3n) is 5.97. The van der Waals surface area contributed by atoms with E-state index < -0.39 is 0 Å². The van der Waals surface area contributed by atoms with Gasteiger partial charge in [-0.05, 0) is 44.4 Å². The van der Waals surface area contributed by atoms with Gasteiger partial charge in [0.25, 0.3) is 5.91 Å². The molecule has 1 aliphatic heterocycles. The minimum absolute atomic E-state index is 0. The van der Waals surface area contributed by atoms with Crippen molar-refractivity contribution >= 4 is 18.3 Å². The van der Waals surface area contributed by atoms with E-state index >= 15 is 0 Å². The van der Waals surface area contributed by atoms with Gasteiger partial charge in [0.15, 0.2) is 5.69 Å². The van der Waals surface area contributed by atoms with E-state index in [1.807, 2.05) is 0 Å². The van der Waals surface area contributed by atoms with Crippen LogP contribution in [-0.4, -0.2) is 39.6 Å². The van der Waals surface area contributed by atoms with E-state index in [4.69, 9.17) is 0 Å². The summed E-state index contributed by atoms with van der Waals surface area (Å²) in [6, 6.07) is 0.899. The zero-order valence-electron chi connectivity index (χ0n) is 14.5. The summed E-state index contributed by atoms with van der Waals surface area (Å²) in [4.78, 5) is 15.4. The molecule has 0 radical (unpaired) electrons. The number of halogens is 1. The van der Waals surface area contributed by atoms with Crippen LogP contribution in [-0.2, 0) is 13.0 Å². The Hall–Kier alpha value is -1.07. The zero-order chi connectivity index (χ0) is 15.8. The maximum atomic E-state index is 13.2. The Bertz CT molecular complexity index is 576. The van der Waals surface area contributed by atoms with Crippen LogP contribution in [0.15, 0.2) is 0 Å². The molecule has 0 saturated heterocycles. The first-order valence-corrected chi connectivity index (χ1v) is 9.37. The van der Waals surface area contributed by atoms with Crippen LogP contribution >= 0.6 is 12.4 Å². The molecule has 6 heteroatoms. The van der Waals surface area contributed by atoms with Crippen molar-refractivity contribution in [3.63, 3.8) is 0 Å². The molecule has 134 valence electrons. The van der Waals surface area contributed by atoms with Gasteiger partial charge in [-0.1, -0.05) is 13.3 Å². The number of carbonyl (C=O) groups excluding carboxylic acids is 1. The summed E-state index contributed by atoms with van der Waals surface area (Å²) in [7, 11) is 0. The van der Waals surface area contributed by atoms with Crippen LogP contribution < -0.4 is 5.32 Å². The van der Waals surface area contributed by atoms with Gasteiger partial charge in [0.05, 0.1) is 0 Å². The van der Waals surface area contributed by atoms with Gasteiger partial charge in [-0.25, -0.2) is 0 Å². The number of fused-ring (bicyclic) bond motifs is 1. The van der Waals surface area contributed by atoms with Crippen LogP contribution in [0, 0.1) is 5.92 Å². The molecule has 3 aliphatic rings. The molecule has 2 heterocycles. The van der Waals surface area contributed by atoms with Crippen molar-refractivity contribution in [1.29, 1.82) is 0 Å². The predicted molar refractivity (Wildman–Crippen MR) is 96.5 cm³/mol. The molecule has 0 aromatic carbocycles. The van der Waals surface area contributed by atoms with E-state index in [0.717, 1.165) is 36.7 Å². The summed E-state index contributed by atoms with van der Waals surface area (Å²) < 4.78 is 0. The molecule has 4 rings (SSSR count). The Kier molecular flexibility index (Phi) is 5.50. The Morgan fingerprint density at radius 1 is 1.17 bits per heavy atom. The Morgan fingerprint density at radius 2 is 1.83 bits per heavy atom. The molecule has 0 bridgehead atoms. The molecule has 0 atom stereocenters. The van der Waals surface area contributed by atoms with E-state index in [9.17, 15) is 4.79 Å². The largest absolute Gasteiger partial charge is 0.331 e. The van der Waals surface area contributed by atoms with Crippen LogP contribution in [0.1, 0.15) is 73.6 Å². The minimum atomic E-state index is 0. The first kappa shape index (κ1) is 17.7. The Morgan fingerprint density at radius 3 is 2.46 bits per heavy atom. The van der Waals surface area contributed by atoms with E-state index in [1.54, 1.807) is 0 Å². The number of aromatic amines is 1. The first-order valence-electron chi connectivity index (χ1n) is 9.37. The number of hydrogen-bond donors (Lipinski definition) is 2. The molecule has 24 heavy (non-hydrogen) atoms. The van der Waals surface area contributed by atoms with Crippen LogP contribution in [0.25, 0.3) is 0 Å². The van der Waals surface area contributed by atoms with Crippen molar-refractivity contribution in [3.8, 4) is 0 Å². The number of nitrogens with one attached hydrogen (secondary N) is 2. The van der Waals surface area contributed by atoms with E-state index in [-0.39, 0.29) is 18.3 Å². The smallest absolute Gasteiger partial charge is 0.275 e. The molecule has 1 aromatic heterocycles. The molecular formula is C18H29ClN4O. The van der Waals surface area contributed by atoms with E-state index in [1.165, 1.54) is 44.9 Å². The summed E-state index contributed by atoms with van der Waals surface area (Å²) in [5, 5.41) is 10.9. The number of hydrogen-bond acceptors (Lipinski definition) is 3. The maximum absolute atomic E-state index is 13.2. The number of H-pyrrole nitrogens is 1. The number of nitrogens with zero attached hydrogens (tertiary/aromatic N) is 2. The van der Waals surface area contributed by atoms with Gasteiger partial charge in [0.2, 0.25) is 0 Å². The molecule has 2 fully saturated rings. The number of carbonyl (C=O) groups is 1. The fourth-order valence-electron chi connectivity index (χ4n) is 4.34. The molecule has 0 unspecified atom stereocenters. The van der Waals surface area contributed by atoms with Gasteiger partial charge < -0.3 is 10.2 Å². The monoisotopic (exact) mass is 352 g/mol. The fraction of sp³-hybridized carbons (Fsp3) is 0.778. The second kappa shape index (κ2) is 7.44. The normalized spacial score (nSPS) is 26.4. The van der Waals surface area contributed by atoms with Gasteiger partial charge in [-0.2, -0.15) is 5.10 Å². The van der Waals surface area contributed by atoms with Gasteiger partial charge in [-0.3, -0.25) is 9.89 Å². The third-order valence-corrected chi connectivity index (χ3v) is 5.97. The summed E-state index contributed by atoms with van der Waals surface area (Å²) in [6.07, 6.45) is 9.46. The first-order chi connectivity index (χ1) is 11.3. The van der Waals surface area contributed by atoms with Crippen molar-refractivity contribution in [2.45, 2.75) is 76.9 Å². The maximum Gasteiger partial charge on any atom is 0.275 e. The average molecular weight is 353 g/mol. The zero-order valence-corrected chi connectivity index (χ0v) is 15.3. The van der Waals surface area contributed by atoms with Crippen molar-refractivity contribution in [1.82, 2.24) is 20.4 Å². The van der Waals surface area contributed by atoms with Crippen LogP contribution in [0.4, 0.5) is 0 Å². The molecule has 1 aromatic rings. The highest BCUT2D eigenvalue weighted by Gasteiger charge is 2.40. The highest BCUT2D eigenvalue weighted by Crippen LogP contribution is 2.37. The molecule has 2 saturated carbocycles. The highest BCUT2D eigenvalue weighted by atomic mass is 35.5. The van der Waals surface area contributed by atoms with E-state index in [0.29, 0.717) is 17.8 Å². The van der Waals surface area contributed by atoms with Crippen molar-refractivity contribution in [2.24, 2.45) is 5.92 Å².